The first-order valence-corrected chi connectivity index (χ1v) is 5.94. The molecular formula is C13H17NO7. The van der Waals surface area contributed by atoms with Crippen LogP contribution in [0.4, 0.5) is 0 Å². The number of aldehydes is 1. The first kappa shape index (κ1) is 16.9. The summed E-state index contributed by atoms with van der Waals surface area (Å²) in [5.41, 5.74) is -0.948. The van der Waals surface area contributed by atoms with E-state index in [1.165, 1.54) is 39.2 Å². The minimum absolute atomic E-state index is 0.0644. The minimum atomic E-state index is -0.771. The molecule has 0 unspecified atom stereocenters. The monoisotopic (exact) mass is 299 g/mol. The first-order chi connectivity index (χ1) is 10.0. The molecule has 116 valence electrons. The molecule has 21 heavy (non-hydrogen) atoms. The van der Waals surface area contributed by atoms with Crippen LogP contribution < -0.4 is 10.2 Å². The largest absolute Gasteiger partial charge is 0.491 e. The van der Waals surface area contributed by atoms with E-state index in [1.54, 1.807) is 0 Å². The summed E-state index contributed by atoms with van der Waals surface area (Å²) in [5.74, 6) is -1.04. The summed E-state index contributed by atoms with van der Waals surface area (Å²) in [6.07, 6.45) is 0.937. The van der Waals surface area contributed by atoms with Crippen LogP contribution in [0.1, 0.15) is 20.8 Å². The number of hydrogen-bond acceptors (Lipinski definition) is 7. The van der Waals surface area contributed by atoms with Crippen LogP contribution in [-0.2, 0) is 20.8 Å². The summed E-state index contributed by atoms with van der Waals surface area (Å²) >= 11 is 0. The van der Waals surface area contributed by atoms with Crippen LogP contribution in [0.3, 0.4) is 0 Å². The van der Waals surface area contributed by atoms with Crippen LogP contribution >= 0.6 is 0 Å². The maximum Gasteiger partial charge on any atom is 0.358 e. The highest BCUT2D eigenvalue weighted by Gasteiger charge is 2.24. The predicted octanol–water partition coefficient (Wildman–Crippen LogP) is 0.0749. The van der Waals surface area contributed by atoms with E-state index >= 15 is 0 Å². The van der Waals surface area contributed by atoms with Gasteiger partial charge in [-0.15, -0.1) is 0 Å². The zero-order valence-corrected chi connectivity index (χ0v) is 12.2. The van der Waals surface area contributed by atoms with E-state index in [0.717, 1.165) is 0 Å². The van der Waals surface area contributed by atoms with Gasteiger partial charge in [0.15, 0.2) is 24.0 Å². The molecule has 0 aliphatic rings. The molecule has 0 saturated heterocycles. The van der Waals surface area contributed by atoms with Gasteiger partial charge in [-0.2, -0.15) is 0 Å². The van der Waals surface area contributed by atoms with Crippen molar-refractivity contribution in [1.82, 2.24) is 4.57 Å². The van der Waals surface area contributed by atoms with Gasteiger partial charge >= 0.3 is 5.97 Å². The molecule has 1 aromatic heterocycles. The molecule has 0 atom stereocenters. The van der Waals surface area contributed by atoms with Gasteiger partial charge in [-0.3, -0.25) is 9.59 Å². The van der Waals surface area contributed by atoms with Crippen molar-refractivity contribution >= 4 is 12.3 Å². The molecule has 0 spiro atoms. The summed E-state index contributed by atoms with van der Waals surface area (Å²) < 4.78 is 21.0. The van der Waals surface area contributed by atoms with Crippen LogP contribution in [0.15, 0.2) is 11.0 Å². The van der Waals surface area contributed by atoms with Crippen molar-refractivity contribution in [2.45, 2.75) is 12.8 Å². The quantitative estimate of drug-likeness (QED) is 0.399. The Bertz CT molecular complexity index is 575. The molecule has 0 saturated carbocycles. The predicted molar refractivity (Wildman–Crippen MR) is 71.8 cm³/mol. The summed E-state index contributed by atoms with van der Waals surface area (Å²) in [6, 6.07) is 0. The fourth-order valence-electron chi connectivity index (χ4n) is 1.79. The van der Waals surface area contributed by atoms with Crippen LogP contribution in [-0.4, -0.2) is 51.6 Å². The van der Waals surface area contributed by atoms with Crippen molar-refractivity contribution in [3.8, 4) is 5.75 Å². The fraction of sp³-hybridized carbons (Fsp3) is 0.462. The van der Waals surface area contributed by atoms with Gasteiger partial charge in [-0.25, -0.2) is 4.79 Å². The second kappa shape index (κ2) is 7.55. The van der Waals surface area contributed by atoms with Gasteiger partial charge in [0.1, 0.15) is 0 Å². The van der Waals surface area contributed by atoms with Crippen molar-refractivity contribution in [2.24, 2.45) is 0 Å². The van der Waals surface area contributed by atoms with E-state index in [0.29, 0.717) is 6.29 Å². The molecule has 1 aromatic rings. The van der Waals surface area contributed by atoms with Gasteiger partial charge in [0, 0.05) is 20.4 Å². The Hall–Kier alpha value is -2.19. The Morgan fingerprint density at radius 3 is 2.33 bits per heavy atom. The van der Waals surface area contributed by atoms with Gasteiger partial charge < -0.3 is 23.5 Å². The Balaban J connectivity index is 3.54. The summed E-state index contributed by atoms with van der Waals surface area (Å²) in [6.45, 7) is 0.0644. The number of esters is 1. The number of methoxy groups -OCH3 is 4. The average molecular weight is 299 g/mol. The highest BCUT2D eigenvalue weighted by molar-refractivity contribution is 5.91. The first-order valence-electron chi connectivity index (χ1n) is 5.94. The second-order valence-electron chi connectivity index (χ2n) is 3.96. The molecule has 8 heteroatoms. The third-order valence-electron chi connectivity index (χ3n) is 2.85. The number of carbonyl (C=O) groups excluding carboxylic acids is 2. The lowest BCUT2D eigenvalue weighted by Crippen LogP contribution is -2.28. The number of rotatable bonds is 7. The molecule has 1 heterocycles. The van der Waals surface area contributed by atoms with E-state index in [2.05, 4.69) is 4.74 Å². The minimum Gasteiger partial charge on any atom is -0.491 e. The molecule has 0 aliphatic heterocycles. The Kier molecular flexibility index (Phi) is 6.07. The number of carbonyl (C=O) groups is 2. The van der Waals surface area contributed by atoms with Crippen LogP contribution in [0.25, 0.3) is 0 Å². The lowest BCUT2D eigenvalue weighted by Gasteiger charge is -2.19. The van der Waals surface area contributed by atoms with E-state index in [1.807, 2.05) is 0 Å². The average Bonchev–Trinajstić information content (AvgIpc) is 2.52. The van der Waals surface area contributed by atoms with Crippen molar-refractivity contribution in [3.05, 3.63) is 27.7 Å². The van der Waals surface area contributed by atoms with Gasteiger partial charge in [0.2, 0.25) is 5.43 Å². The maximum atomic E-state index is 12.0. The molecule has 0 aromatic carbocycles. The SMILES string of the molecule is COC(=O)c1c(OC)c(=O)c(C=O)cn1CC(OC)OC. The van der Waals surface area contributed by atoms with Gasteiger partial charge in [0.25, 0.3) is 0 Å². The Morgan fingerprint density at radius 1 is 1.29 bits per heavy atom. The van der Waals surface area contributed by atoms with Crippen molar-refractivity contribution < 1.29 is 28.5 Å². The summed E-state index contributed by atoms with van der Waals surface area (Å²) in [4.78, 5) is 34.9. The lowest BCUT2D eigenvalue weighted by atomic mass is 10.2. The molecule has 0 fully saturated rings. The highest BCUT2D eigenvalue weighted by Crippen LogP contribution is 2.17. The number of aromatic nitrogens is 1. The van der Waals surface area contributed by atoms with Crippen LogP contribution in [0, 0.1) is 0 Å². The maximum absolute atomic E-state index is 12.0. The smallest absolute Gasteiger partial charge is 0.358 e. The Labute approximate surface area is 121 Å². The molecule has 0 bridgehead atoms. The number of nitrogens with zero attached hydrogens (tertiary/aromatic N) is 1. The topological polar surface area (TPSA) is 93.1 Å². The van der Waals surface area contributed by atoms with Crippen molar-refractivity contribution in [2.75, 3.05) is 28.4 Å². The Morgan fingerprint density at radius 2 is 1.90 bits per heavy atom. The molecule has 0 radical (unpaired) electrons. The van der Waals surface area contributed by atoms with Gasteiger partial charge in [-0.1, -0.05) is 0 Å². The molecule has 0 amide bonds. The summed E-state index contributed by atoms with van der Waals surface area (Å²) in [5, 5.41) is 0. The molecule has 0 aliphatic carbocycles. The van der Waals surface area contributed by atoms with E-state index in [4.69, 9.17) is 14.2 Å². The standard InChI is InChI=1S/C13H17NO7/c1-18-9(19-2)6-14-5-8(7-15)11(16)12(20-3)10(14)13(17)21-4/h5,7,9H,6H2,1-4H3. The van der Waals surface area contributed by atoms with Crippen LogP contribution in [0.2, 0.25) is 0 Å². The third kappa shape index (κ3) is 3.47. The van der Waals surface area contributed by atoms with Gasteiger partial charge in [-0.05, 0) is 0 Å². The lowest BCUT2D eigenvalue weighted by molar-refractivity contribution is -0.111. The molecule has 0 N–H and O–H groups in total. The summed E-state index contributed by atoms with van der Waals surface area (Å²) in [7, 11) is 5.25. The van der Waals surface area contributed by atoms with Gasteiger partial charge in [0.05, 0.1) is 26.3 Å². The van der Waals surface area contributed by atoms with Crippen molar-refractivity contribution in [3.63, 3.8) is 0 Å². The number of hydrogen-bond donors (Lipinski definition) is 0. The normalized spacial score (nSPS) is 10.5. The molecule has 1 rings (SSSR count). The molecular weight excluding hydrogens is 282 g/mol. The number of ether oxygens (including phenoxy) is 4. The zero-order chi connectivity index (χ0) is 16.0. The third-order valence-corrected chi connectivity index (χ3v) is 2.85. The van der Waals surface area contributed by atoms with E-state index in [9.17, 15) is 14.4 Å². The molecule has 8 nitrogen and oxygen atoms in total. The second-order valence-corrected chi connectivity index (χ2v) is 3.96. The zero-order valence-electron chi connectivity index (χ0n) is 12.2. The van der Waals surface area contributed by atoms with E-state index in [-0.39, 0.29) is 23.6 Å². The highest BCUT2D eigenvalue weighted by atomic mass is 16.7. The van der Waals surface area contributed by atoms with E-state index < -0.39 is 17.7 Å². The number of pyridine rings is 1. The fourth-order valence-corrected chi connectivity index (χ4v) is 1.79. The van der Waals surface area contributed by atoms with Crippen molar-refractivity contribution in [1.29, 1.82) is 0 Å². The van der Waals surface area contributed by atoms with Crippen LogP contribution in [0.5, 0.6) is 5.75 Å².